The molecule has 0 aromatic carbocycles. The van der Waals surface area contributed by atoms with Crippen molar-refractivity contribution in [3.63, 3.8) is 0 Å². The Hall–Kier alpha value is -1.19. The van der Waals surface area contributed by atoms with Gasteiger partial charge < -0.3 is 5.73 Å². The average molecular weight is 209 g/mol. The van der Waals surface area contributed by atoms with E-state index in [4.69, 9.17) is 5.73 Å². The number of nitrogens with zero attached hydrogens (tertiary/aromatic N) is 2. The maximum absolute atomic E-state index is 12.0. The van der Waals surface area contributed by atoms with Crippen molar-refractivity contribution in [1.82, 2.24) is 9.36 Å². The second-order valence-corrected chi connectivity index (χ2v) is 5.38. The average Bonchev–Trinajstić information content (AvgIpc) is 2.82. The Bertz CT molecular complexity index is 444. The fraction of sp³-hybridized carbons (Fsp3) is 0.727. The molecule has 1 saturated carbocycles. The molecular weight excluding hydrogens is 190 g/mol. The van der Waals surface area contributed by atoms with Crippen molar-refractivity contribution in [3.05, 3.63) is 16.0 Å². The van der Waals surface area contributed by atoms with Gasteiger partial charge in [0, 0.05) is 13.0 Å². The Labute approximate surface area is 89.7 Å². The molecule has 1 heterocycles. The number of hydrogen-bond acceptors (Lipinski definition) is 2. The second kappa shape index (κ2) is 2.90. The molecule has 0 amide bonds. The third-order valence-corrected chi connectivity index (χ3v) is 2.95. The second-order valence-electron chi connectivity index (χ2n) is 5.38. The zero-order valence-electron chi connectivity index (χ0n) is 9.87. The van der Waals surface area contributed by atoms with Crippen LogP contribution in [0.15, 0.2) is 4.79 Å². The molecule has 1 aliphatic carbocycles. The van der Waals surface area contributed by atoms with Crippen LogP contribution in [0.25, 0.3) is 0 Å². The van der Waals surface area contributed by atoms with E-state index >= 15 is 0 Å². The van der Waals surface area contributed by atoms with Gasteiger partial charge in [-0.25, -0.2) is 4.68 Å². The lowest BCUT2D eigenvalue weighted by molar-refractivity contribution is 0.298. The first-order valence-corrected chi connectivity index (χ1v) is 5.42. The summed E-state index contributed by atoms with van der Waals surface area (Å²) in [5.41, 5.74) is 7.09. The maximum Gasteiger partial charge on any atom is 0.290 e. The highest BCUT2D eigenvalue weighted by Gasteiger charge is 2.33. The van der Waals surface area contributed by atoms with E-state index < -0.39 is 0 Å². The van der Waals surface area contributed by atoms with E-state index in [1.165, 1.54) is 0 Å². The van der Waals surface area contributed by atoms with E-state index in [2.05, 4.69) is 0 Å². The van der Waals surface area contributed by atoms with Crippen molar-refractivity contribution in [3.8, 4) is 0 Å². The van der Waals surface area contributed by atoms with Gasteiger partial charge in [0.2, 0.25) is 0 Å². The van der Waals surface area contributed by atoms with Crippen LogP contribution in [0.1, 0.15) is 45.2 Å². The number of aromatic nitrogens is 2. The lowest BCUT2D eigenvalue weighted by Gasteiger charge is -2.23. The van der Waals surface area contributed by atoms with Crippen LogP contribution in [0.3, 0.4) is 0 Å². The third-order valence-electron chi connectivity index (χ3n) is 2.95. The molecule has 84 valence electrons. The molecule has 1 fully saturated rings. The number of nitrogen functional groups attached to an aromatic ring is 1. The van der Waals surface area contributed by atoms with Gasteiger partial charge in [-0.05, 0) is 33.6 Å². The number of rotatable bonds is 1. The molecule has 0 bridgehead atoms. The highest BCUT2D eigenvalue weighted by atomic mass is 16.1. The molecule has 2 rings (SSSR count). The zero-order valence-corrected chi connectivity index (χ0v) is 9.87. The molecule has 15 heavy (non-hydrogen) atoms. The van der Waals surface area contributed by atoms with Crippen LogP contribution in [0.5, 0.6) is 0 Å². The molecule has 0 unspecified atom stereocenters. The summed E-state index contributed by atoms with van der Waals surface area (Å²) in [6.07, 6.45) is 2.32. The maximum atomic E-state index is 12.0. The van der Waals surface area contributed by atoms with Gasteiger partial charge in [-0.2, -0.15) is 0 Å². The largest absolute Gasteiger partial charge is 0.393 e. The van der Waals surface area contributed by atoms with Gasteiger partial charge in [-0.1, -0.05) is 0 Å². The molecule has 1 aromatic rings. The zero-order chi connectivity index (χ0) is 11.4. The Kier molecular flexibility index (Phi) is 2.00. The smallest absolute Gasteiger partial charge is 0.290 e. The molecule has 2 N–H and O–H groups in total. The Morgan fingerprint density at radius 1 is 1.33 bits per heavy atom. The number of hydrogen-bond donors (Lipinski definition) is 1. The Balaban J connectivity index is 2.66. The summed E-state index contributed by atoms with van der Waals surface area (Å²) in [4.78, 5) is 12.0. The fourth-order valence-electron chi connectivity index (χ4n) is 2.24. The molecule has 4 heteroatoms. The van der Waals surface area contributed by atoms with Gasteiger partial charge in [0.05, 0.1) is 11.2 Å². The molecular formula is C11H19N3O. The van der Waals surface area contributed by atoms with E-state index in [9.17, 15) is 4.79 Å². The lowest BCUT2D eigenvalue weighted by Crippen LogP contribution is -2.36. The predicted octanol–water partition coefficient (Wildman–Crippen LogP) is 1.40. The van der Waals surface area contributed by atoms with Crippen molar-refractivity contribution in [2.75, 3.05) is 5.73 Å². The first-order valence-electron chi connectivity index (χ1n) is 5.42. The van der Waals surface area contributed by atoms with Crippen LogP contribution in [0.4, 0.5) is 5.69 Å². The summed E-state index contributed by atoms with van der Waals surface area (Å²) >= 11 is 0. The van der Waals surface area contributed by atoms with Crippen LogP contribution in [-0.2, 0) is 12.6 Å². The monoisotopic (exact) mass is 209 g/mol. The minimum atomic E-state index is -0.215. The van der Waals surface area contributed by atoms with E-state index in [0.717, 1.165) is 18.5 Å². The molecule has 0 aliphatic heterocycles. The van der Waals surface area contributed by atoms with Crippen molar-refractivity contribution < 1.29 is 0 Å². The first-order chi connectivity index (χ1) is 6.84. The summed E-state index contributed by atoms with van der Waals surface area (Å²) in [6.45, 7) is 6.06. The van der Waals surface area contributed by atoms with Crippen LogP contribution in [0, 0.1) is 0 Å². The topological polar surface area (TPSA) is 52.9 Å². The summed E-state index contributed by atoms with van der Waals surface area (Å²) < 4.78 is 3.69. The van der Waals surface area contributed by atoms with E-state index in [1.807, 2.05) is 32.5 Å². The first kappa shape index (κ1) is 10.3. The molecule has 0 spiro atoms. The fourth-order valence-corrected chi connectivity index (χ4v) is 2.24. The molecule has 0 atom stereocenters. The van der Waals surface area contributed by atoms with Gasteiger partial charge in [-0.3, -0.25) is 9.48 Å². The van der Waals surface area contributed by atoms with Gasteiger partial charge >= 0.3 is 0 Å². The summed E-state index contributed by atoms with van der Waals surface area (Å²) in [5, 5.41) is 0. The predicted molar refractivity (Wildman–Crippen MR) is 61.1 cm³/mol. The van der Waals surface area contributed by atoms with E-state index in [1.54, 1.807) is 4.68 Å². The minimum Gasteiger partial charge on any atom is -0.393 e. The molecule has 0 radical (unpaired) electrons. The van der Waals surface area contributed by atoms with E-state index in [0.29, 0.717) is 11.6 Å². The normalized spacial score (nSPS) is 17.1. The number of nitrogens with two attached hydrogens (primary N) is 1. The molecule has 4 nitrogen and oxygen atoms in total. The van der Waals surface area contributed by atoms with Crippen molar-refractivity contribution >= 4 is 5.69 Å². The molecule has 1 aliphatic rings. The van der Waals surface area contributed by atoms with Crippen LogP contribution >= 0.6 is 0 Å². The summed E-state index contributed by atoms with van der Waals surface area (Å²) in [7, 11) is 1.93. The third kappa shape index (κ3) is 1.48. The summed E-state index contributed by atoms with van der Waals surface area (Å²) in [5.74, 6) is 0.506. The van der Waals surface area contributed by atoms with Crippen molar-refractivity contribution in [1.29, 1.82) is 0 Å². The van der Waals surface area contributed by atoms with Gasteiger partial charge in [0.15, 0.2) is 0 Å². The van der Waals surface area contributed by atoms with Crippen LogP contribution < -0.4 is 11.3 Å². The lowest BCUT2D eigenvalue weighted by atomic mass is 10.1. The SMILES string of the molecule is Cn1c(C2CC2)c(N)c(=O)n1C(C)(C)C. The standard InChI is InChI=1S/C11H19N3O/c1-11(2,3)14-10(15)8(12)9(13(14)4)7-5-6-7/h7H,5-6,12H2,1-4H3. The Morgan fingerprint density at radius 3 is 2.20 bits per heavy atom. The number of anilines is 1. The van der Waals surface area contributed by atoms with Gasteiger partial charge in [0.1, 0.15) is 5.69 Å². The molecule has 1 aromatic heterocycles. The minimum absolute atomic E-state index is 0.0492. The highest BCUT2D eigenvalue weighted by molar-refractivity contribution is 5.45. The Morgan fingerprint density at radius 2 is 1.87 bits per heavy atom. The van der Waals surface area contributed by atoms with E-state index in [-0.39, 0.29) is 11.1 Å². The molecule has 0 saturated heterocycles. The van der Waals surface area contributed by atoms with Crippen molar-refractivity contribution in [2.24, 2.45) is 7.05 Å². The summed E-state index contributed by atoms with van der Waals surface area (Å²) in [6, 6.07) is 0. The highest BCUT2D eigenvalue weighted by Crippen LogP contribution is 2.42. The van der Waals surface area contributed by atoms with Gasteiger partial charge in [0.25, 0.3) is 5.56 Å². The van der Waals surface area contributed by atoms with Crippen molar-refractivity contribution in [2.45, 2.75) is 45.1 Å². The van der Waals surface area contributed by atoms with Crippen LogP contribution in [-0.4, -0.2) is 9.36 Å². The van der Waals surface area contributed by atoms with Crippen LogP contribution in [0.2, 0.25) is 0 Å². The van der Waals surface area contributed by atoms with Gasteiger partial charge in [-0.15, -0.1) is 0 Å². The quantitative estimate of drug-likeness (QED) is 0.760.